The Labute approximate surface area is 271 Å². The number of ether oxygens (including phenoxy) is 1. The highest BCUT2D eigenvalue weighted by atomic mass is 35.5. The van der Waals surface area contributed by atoms with Crippen LogP contribution in [0.5, 0.6) is 0 Å². The van der Waals surface area contributed by atoms with Gasteiger partial charge in [0, 0.05) is 30.7 Å². The van der Waals surface area contributed by atoms with Crippen molar-refractivity contribution in [3.63, 3.8) is 0 Å². The summed E-state index contributed by atoms with van der Waals surface area (Å²) in [5, 5.41) is 3.28. The van der Waals surface area contributed by atoms with E-state index >= 15 is 0 Å². The lowest BCUT2D eigenvalue weighted by atomic mass is 9.76. The first-order valence-corrected chi connectivity index (χ1v) is 18.1. The van der Waals surface area contributed by atoms with Gasteiger partial charge in [-0.1, -0.05) is 65.1 Å². The quantitative estimate of drug-likeness (QED) is 0.281. The third-order valence-electron chi connectivity index (χ3n) is 9.32. The number of likely N-dealkylation sites (tertiary alicyclic amines) is 1. The van der Waals surface area contributed by atoms with Crippen LogP contribution in [-0.4, -0.2) is 75.0 Å². The molecule has 2 atom stereocenters. The standard InChI is InChI=1S/C32H42Cl3N3O4S/c33-26-18-28(34)32(29(35)19-26)43(40,41)38-17-14-27(21-38)42-22-31(39)36-20-24-8-11-25(12-9-24)30(37-15-4-5-16-37)13-10-23-6-2-1-3-7-23/h1-3,6-7,18-19,24-25,27,30H,4-5,8-17,20-22H2,(H,36,39). The van der Waals surface area contributed by atoms with Gasteiger partial charge in [-0.3, -0.25) is 4.79 Å². The lowest BCUT2D eigenvalue weighted by Crippen LogP contribution is -2.42. The Morgan fingerprint density at radius 1 is 0.953 bits per heavy atom. The Morgan fingerprint density at radius 3 is 2.30 bits per heavy atom. The van der Waals surface area contributed by atoms with Crippen molar-refractivity contribution in [1.29, 1.82) is 0 Å². The number of aryl methyl sites for hydroxylation is 1. The summed E-state index contributed by atoms with van der Waals surface area (Å²) in [5.74, 6) is 1.04. The van der Waals surface area contributed by atoms with E-state index in [1.165, 1.54) is 67.2 Å². The molecular weight excluding hydrogens is 629 g/mol. The highest BCUT2D eigenvalue weighted by molar-refractivity contribution is 7.89. The van der Waals surface area contributed by atoms with E-state index in [2.05, 4.69) is 40.5 Å². The number of halogens is 3. The molecule has 2 aliphatic heterocycles. The maximum absolute atomic E-state index is 13.2. The monoisotopic (exact) mass is 669 g/mol. The van der Waals surface area contributed by atoms with Gasteiger partial charge < -0.3 is 15.0 Å². The van der Waals surface area contributed by atoms with Crippen LogP contribution in [0.15, 0.2) is 47.4 Å². The zero-order valence-electron chi connectivity index (χ0n) is 24.5. The molecule has 0 radical (unpaired) electrons. The van der Waals surface area contributed by atoms with Crippen LogP contribution in [0.1, 0.15) is 56.9 Å². The number of hydrogen-bond acceptors (Lipinski definition) is 5. The summed E-state index contributed by atoms with van der Waals surface area (Å²) in [6, 6.07) is 14.2. The van der Waals surface area contributed by atoms with Crippen LogP contribution in [0.4, 0.5) is 0 Å². The molecule has 1 saturated carbocycles. The molecule has 1 N–H and O–H groups in total. The first-order valence-electron chi connectivity index (χ1n) is 15.5. The Morgan fingerprint density at radius 2 is 1.63 bits per heavy atom. The first kappa shape index (κ1) is 33.0. The van der Waals surface area contributed by atoms with E-state index < -0.39 is 10.0 Å². The van der Waals surface area contributed by atoms with Crippen molar-refractivity contribution < 1.29 is 17.9 Å². The molecule has 0 spiro atoms. The predicted molar refractivity (Wildman–Crippen MR) is 172 cm³/mol. The van der Waals surface area contributed by atoms with E-state index in [-0.39, 0.29) is 51.7 Å². The van der Waals surface area contributed by atoms with E-state index in [4.69, 9.17) is 39.5 Å². The lowest BCUT2D eigenvalue weighted by molar-refractivity contribution is -0.127. The summed E-state index contributed by atoms with van der Waals surface area (Å²) in [4.78, 5) is 15.2. The summed E-state index contributed by atoms with van der Waals surface area (Å²) < 4.78 is 33.4. The van der Waals surface area contributed by atoms with Crippen LogP contribution in [0, 0.1) is 11.8 Å². The summed E-state index contributed by atoms with van der Waals surface area (Å²) in [5.41, 5.74) is 1.42. The fourth-order valence-corrected chi connectivity index (χ4v) is 9.96. The number of hydrogen-bond donors (Lipinski definition) is 1. The highest BCUT2D eigenvalue weighted by Gasteiger charge is 2.36. The maximum atomic E-state index is 13.2. The van der Waals surface area contributed by atoms with E-state index in [1.54, 1.807) is 0 Å². The average molecular weight is 671 g/mol. The summed E-state index contributed by atoms with van der Waals surface area (Å²) >= 11 is 18.3. The number of nitrogens with zero attached hydrogens (tertiary/aromatic N) is 2. The van der Waals surface area contributed by atoms with Crippen molar-refractivity contribution >= 4 is 50.7 Å². The molecule has 2 aromatic carbocycles. The molecule has 0 aromatic heterocycles. The summed E-state index contributed by atoms with van der Waals surface area (Å²) in [6.07, 6.45) is 9.76. The Kier molecular flexibility index (Phi) is 11.7. The van der Waals surface area contributed by atoms with Gasteiger partial charge in [-0.15, -0.1) is 0 Å². The predicted octanol–water partition coefficient (Wildman–Crippen LogP) is 6.45. The minimum Gasteiger partial charge on any atom is -0.367 e. The van der Waals surface area contributed by atoms with E-state index in [1.807, 2.05) is 0 Å². The molecule has 2 heterocycles. The van der Waals surface area contributed by atoms with E-state index in [0.717, 1.165) is 25.2 Å². The van der Waals surface area contributed by atoms with Gasteiger partial charge >= 0.3 is 0 Å². The molecule has 5 rings (SSSR count). The zero-order valence-corrected chi connectivity index (χ0v) is 27.6. The number of amides is 1. The normalized spacial score (nSPS) is 24.3. The van der Waals surface area contributed by atoms with Crippen molar-refractivity contribution in [2.45, 2.75) is 74.8 Å². The minimum atomic E-state index is -3.92. The smallest absolute Gasteiger partial charge is 0.246 e. The van der Waals surface area contributed by atoms with Gasteiger partial charge in [-0.25, -0.2) is 8.42 Å². The first-order chi connectivity index (χ1) is 20.7. The lowest BCUT2D eigenvalue weighted by Gasteiger charge is -2.39. The van der Waals surface area contributed by atoms with Crippen LogP contribution in [0.3, 0.4) is 0 Å². The molecule has 1 amide bonds. The Balaban J connectivity index is 1.03. The third-order valence-corrected chi connectivity index (χ3v) is 12.3. The molecule has 1 aliphatic carbocycles. The number of carbonyl (C=O) groups is 1. The van der Waals surface area contributed by atoms with Crippen molar-refractivity contribution in [2.75, 3.05) is 39.3 Å². The molecule has 7 nitrogen and oxygen atoms in total. The van der Waals surface area contributed by atoms with Gasteiger partial charge in [0.1, 0.15) is 11.5 Å². The Hall–Kier alpha value is -1.39. The maximum Gasteiger partial charge on any atom is 0.246 e. The highest BCUT2D eigenvalue weighted by Crippen LogP contribution is 2.37. The van der Waals surface area contributed by atoms with Crippen LogP contribution >= 0.6 is 34.8 Å². The van der Waals surface area contributed by atoms with Gasteiger partial charge in [0.15, 0.2) is 0 Å². The molecule has 236 valence electrons. The molecular formula is C32H42Cl3N3O4S. The Bertz CT molecular complexity index is 1310. The number of rotatable bonds is 12. The minimum absolute atomic E-state index is 0.0194. The molecule has 2 aromatic rings. The van der Waals surface area contributed by atoms with Crippen LogP contribution < -0.4 is 5.32 Å². The van der Waals surface area contributed by atoms with Crippen molar-refractivity contribution in [3.8, 4) is 0 Å². The third kappa shape index (κ3) is 8.66. The summed E-state index contributed by atoms with van der Waals surface area (Å²) in [7, 11) is -3.92. The van der Waals surface area contributed by atoms with Crippen molar-refractivity contribution in [1.82, 2.24) is 14.5 Å². The van der Waals surface area contributed by atoms with Gasteiger partial charge in [-0.2, -0.15) is 4.31 Å². The molecule has 0 bridgehead atoms. The second-order valence-corrected chi connectivity index (χ2v) is 15.3. The largest absolute Gasteiger partial charge is 0.367 e. The summed E-state index contributed by atoms with van der Waals surface area (Å²) in [6.45, 7) is 3.42. The fraction of sp³-hybridized carbons (Fsp3) is 0.594. The van der Waals surface area contributed by atoms with Gasteiger partial charge in [0.2, 0.25) is 15.9 Å². The topological polar surface area (TPSA) is 78.9 Å². The number of nitrogens with one attached hydrogen (secondary N) is 1. The molecule has 3 aliphatic rings. The molecule has 43 heavy (non-hydrogen) atoms. The molecule has 2 saturated heterocycles. The van der Waals surface area contributed by atoms with Crippen molar-refractivity contribution in [2.24, 2.45) is 11.8 Å². The van der Waals surface area contributed by atoms with E-state index in [9.17, 15) is 13.2 Å². The number of sulfonamides is 1. The second kappa shape index (κ2) is 15.3. The molecule has 11 heteroatoms. The number of benzene rings is 2. The number of carbonyl (C=O) groups excluding carboxylic acids is 1. The van der Waals surface area contributed by atoms with Gasteiger partial charge in [0.05, 0.1) is 16.1 Å². The van der Waals surface area contributed by atoms with Crippen LogP contribution in [0.2, 0.25) is 15.1 Å². The molecule has 3 fully saturated rings. The van der Waals surface area contributed by atoms with Gasteiger partial charge in [0.25, 0.3) is 0 Å². The average Bonchev–Trinajstić information content (AvgIpc) is 3.69. The van der Waals surface area contributed by atoms with Crippen LogP contribution in [-0.2, 0) is 26.0 Å². The van der Waals surface area contributed by atoms with E-state index in [0.29, 0.717) is 24.9 Å². The second-order valence-electron chi connectivity index (χ2n) is 12.2. The van der Waals surface area contributed by atoms with Crippen molar-refractivity contribution in [3.05, 3.63) is 63.1 Å². The fourth-order valence-electron chi connectivity index (χ4n) is 6.99. The SMILES string of the molecule is O=C(COC1CCN(S(=O)(=O)c2c(Cl)cc(Cl)cc2Cl)C1)NCC1CCC(C(CCc2ccccc2)N2CCCC2)CC1. The zero-order chi connectivity index (χ0) is 30.4. The van der Waals surface area contributed by atoms with Gasteiger partial charge in [-0.05, 0) is 100 Å². The van der Waals surface area contributed by atoms with Crippen LogP contribution in [0.25, 0.3) is 0 Å². The molecule has 2 unspecified atom stereocenters.